The summed E-state index contributed by atoms with van der Waals surface area (Å²) >= 11 is 0. The molecule has 0 aromatic carbocycles. The highest BCUT2D eigenvalue weighted by Crippen LogP contribution is 1.94. The van der Waals surface area contributed by atoms with E-state index in [9.17, 15) is 9.18 Å². The van der Waals surface area contributed by atoms with Gasteiger partial charge in [-0.2, -0.15) is 4.39 Å². The van der Waals surface area contributed by atoms with Crippen molar-refractivity contribution in [3.63, 3.8) is 0 Å². The Bertz CT molecular complexity index is 325. The molecule has 0 saturated heterocycles. The minimum Gasteiger partial charge on any atom is -0.349 e. The Kier molecular flexibility index (Phi) is 4.11. The monoisotopic (exact) mass is 211 g/mol. The van der Waals surface area contributed by atoms with Gasteiger partial charge in [-0.3, -0.25) is 4.79 Å². The van der Waals surface area contributed by atoms with E-state index in [1.54, 1.807) is 0 Å². The Morgan fingerprint density at radius 3 is 2.73 bits per heavy atom. The number of rotatable bonds is 4. The van der Waals surface area contributed by atoms with Gasteiger partial charge in [0, 0.05) is 13.1 Å². The molecule has 0 aliphatic carbocycles. The minimum absolute atomic E-state index is 0.121. The summed E-state index contributed by atoms with van der Waals surface area (Å²) in [6.07, 6.45) is 0. The number of carbonyl (C=O) groups excluding carboxylic acids is 1. The number of aromatic nitrogens is 2. The summed E-state index contributed by atoms with van der Waals surface area (Å²) in [5.41, 5.74) is 0.121. The van der Waals surface area contributed by atoms with Crippen molar-refractivity contribution in [2.24, 2.45) is 0 Å². The number of nitrogens with one attached hydrogen (secondary N) is 1. The van der Waals surface area contributed by atoms with Crippen LogP contribution in [-0.4, -0.2) is 48.2 Å². The second kappa shape index (κ2) is 5.35. The van der Waals surface area contributed by atoms with E-state index < -0.39 is 5.95 Å². The van der Waals surface area contributed by atoms with Crippen molar-refractivity contribution < 1.29 is 9.18 Å². The summed E-state index contributed by atoms with van der Waals surface area (Å²) < 4.78 is 12.4. The van der Waals surface area contributed by atoms with E-state index in [-0.39, 0.29) is 11.6 Å². The first-order valence-electron chi connectivity index (χ1n) is 4.52. The van der Waals surface area contributed by atoms with E-state index in [1.165, 1.54) is 6.07 Å². The molecule has 15 heavy (non-hydrogen) atoms. The number of nitrogens with zero attached hydrogens (tertiary/aromatic N) is 3. The third-order valence-electron chi connectivity index (χ3n) is 1.71. The Morgan fingerprint density at radius 2 is 2.20 bits per heavy atom. The first-order valence-corrected chi connectivity index (χ1v) is 4.52. The van der Waals surface area contributed by atoms with Gasteiger partial charge in [0.1, 0.15) is 0 Å². The summed E-state index contributed by atoms with van der Waals surface area (Å²) in [5.74, 6) is -1.04. The van der Waals surface area contributed by atoms with E-state index >= 15 is 0 Å². The smallest absolute Gasteiger partial charge is 0.271 e. The van der Waals surface area contributed by atoms with Crippen molar-refractivity contribution >= 4 is 5.91 Å². The zero-order valence-corrected chi connectivity index (χ0v) is 8.70. The van der Waals surface area contributed by atoms with E-state index in [4.69, 9.17) is 0 Å². The fraction of sp³-hybridized carbons (Fsp3) is 0.444. The number of halogens is 1. The zero-order valence-electron chi connectivity index (χ0n) is 8.70. The average Bonchev–Trinajstić information content (AvgIpc) is 2.18. The molecule has 0 atom stereocenters. The number of amides is 1. The van der Waals surface area contributed by atoms with E-state index in [1.807, 2.05) is 19.0 Å². The van der Waals surface area contributed by atoms with Crippen LogP contribution in [0.3, 0.4) is 0 Å². The summed E-state index contributed by atoms with van der Waals surface area (Å²) in [5, 5.41) is 9.22. The lowest BCUT2D eigenvalue weighted by Crippen LogP contribution is -2.31. The molecule has 1 heterocycles. The molecule has 0 saturated carbocycles. The number of carbonyl (C=O) groups is 1. The number of hydrogen-bond donors (Lipinski definition) is 1. The van der Waals surface area contributed by atoms with Crippen molar-refractivity contribution in [2.45, 2.75) is 0 Å². The molecular weight excluding hydrogens is 198 g/mol. The molecule has 5 nitrogen and oxygen atoms in total. The second-order valence-corrected chi connectivity index (χ2v) is 3.30. The fourth-order valence-electron chi connectivity index (χ4n) is 0.921. The molecule has 1 aromatic rings. The topological polar surface area (TPSA) is 58.1 Å². The standard InChI is InChI=1S/C9H13FN4O/c1-14(2)6-5-11-9(15)7-3-4-8(10)13-12-7/h3-4H,5-6H2,1-2H3,(H,11,15)/i10-1. The molecular formula is C9H13FN4O. The van der Waals surface area contributed by atoms with Gasteiger partial charge in [0.05, 0.1) is 0 Å². The maximum atomic E-state index is 12.4. The predicted octanol–water partition coefficient (Wildman–Crippen LogP) is -0.0929. The van der Waals surface area contributed by atoms with Gasteiger partial charge in [0.15, 0.2) is 5.69 Å². The highest BCUT2D eigenvalue weighted by atomic mass is 18.2. The van der Waals surface area contributed by atoms with Crippen molar-refractivity contribution in [1.82, 2.24) is 20.4 Å². The van der Waals surface area contributed by atoms with Gasteiger partial charge >= 0.3 is 0 Å². The van der Waals surface area contributed by atoms with Gasteiger partial charge in [-0.05, 0) is 26.2 Å². The van der Waals surface area contributed by atoms with Crippen LogP contribution in [0.15, 0.2) is 12.1 Å². The molecule has 0 aliphatic rings. The van der Waals surface area contributed by atoms with Gasteiger partial charge in [-0.1, -0.05) is 0 Å². The maximum Gasteiger partial charge on any atom is 0.271 e. The molecule has 1 amide bonds. The van der Waals surface area contributed by atoms with E-state index in [0.717, 1.165) is 12.6 Å². The lowest BCUT2D eigenvalue weighted by molar-refractivity contribution is 0.0944. The molecule has 82 valence electrons. The lowest BCUT2D eigenvalue weighted by atomic mass is 10.3. The van der Waals surface area contributed by atoms with Crippen LogP contribution in [-0.2, 0) is 0 Å². The molecule has 1 aromatic heterocycles. The molecule has 1 N–H and O–H groups in total. The average molecular weight is 211 g/mol. The van der Waals surface area contributed by atoms with Crippen LogP contribution in [0.5, 0.6) is 0 Å². The Hall–Kier alpha value is -1.56. The highest BCUT2D eigenvalue weighted by Gasteiger charge is 2.06. The maximum absolute atomic E-state index is 12.4. The molecule has 0 fully saturated rings. The molecule has 1 rings (SSSR count). The van der Waals surface area contributed by atoms with Crippen molar-refractivity contribution in [2.75, 3.05) is 27.2 Å². The SMILES string of the molecule is CN(C)CCNC(=O)c1ccc([18F])nn1. The number of hydrogen-bond acceptors (Lipinski definition) is 4. The third kappa shape index (κ3) is 3.99. The van der Waals surface area contributed by atoms with E-state index in [0.29, 0.717) is 6.54 Å². The fourth-order valence-corrected chi connectivity index (χ4v) is 0.921. The van der Waals surface area contributed by atoms with Crippen LogP contribution in [0, 0.1) is 5.95 Å². The summed E-state index contributed by atoms with van der Waals surface area (Å²) in [6, 6.07) is 2.40. The summed E-state index contributed by atoms with van der Waals surface area (Å²) in [7, 11) is 3.81. The molecule has 0 spiro atoms. The van der Waals surface area contributed by atoms with Crippen molar-refractivity contribution in [3.8, 4) is 0 Å². The van der Waals surface area contributed by atoms with Gasteiger partial charge in [0.2, 0.25) is 5.95 Å². The van der Waals surface area contributed by atoms with Crippen LogP contribution >= 0.6 is 0 Å². The van der Waals surface area contributed by atoms with Crippen LogP contribution in [0.4, 0.5) is 4.39 Å². The van der Waals surface area contributed by atoms with Gasteiger partial charge < -0.3 is 10.2 Å². The molecule has 0 radical (unpaired) electrons. The van der Waals surface area contributed by atoms with Crippen molar-refractivity contribution in [3.05, 3.63) is 23.8 Å². The van der Waals surface area contributed by atoms with E-state index in [2.05, 4.69) is 15.5 Å². The van der Waals surface area contributed by atoms with Crippen LogP contribution in [0.2, 0.25) is 0 Å². The van der Waals surface area contributed by atoms with Crippen LogP contribution in [0.25, 0.3) is 0 Å². The quantitative estimate of drug-likeness (QED) is 0.756. The first kappa shape index (κ1) is 11.5. The second-order valence-electron chi connectivity index (χ2n) is 3.30. The molecule has 0 unspecified atom stereocenters. The Balaban J connectivity index is 2.43. The molecule has 6 heteroatoms. The largest absolute Gasteiger partial charge is 0.349 e. The summed E-state index contributed by atoms with van der Waals surface area (Å²) in [4.78, 5) is 13.3. The van der Waals surface area contributed by atoms with Gasteiger partial charge in [0.25, 0.3) is 5.91 Å². The highest BCUT2D eigenvalue weighted by molar-refractivity contribution is 5.91. The first-order chi connectivity index (χ1) is 7.09. The van der Waals surface area contributed by atoms with Crippen LogP contribution < -0.4 is 5.32 Å². The van der Waals surface area contributed by atoms with Gasteiger partial charge in [-0.15, -0.1) is 10.2 Å². The zero-order chi connectivity index (χ0) is 11.3. The third-order valence-corrected chi connectivity index (χ3v) is 1.71. The lowest BCUT2D eigenvalue weighted by Gasteiger charge is -2.09. The van der Waals surface area contributed by atoms with Crippen molar-refractivity contribution in [1.29, 1.82) is 0 Å². The van der Waals surface area contributed by atoms with Gasteiger partial charge in [-0.25, -0.2) is 0 Å². The van der Waals surface area contributed by atoms with Crippen LogP contribution in [0.1, 0.15) is 10.5 Å². The number of likely N-dealkylation sites (N-methyl/N-ethyl adjacent to an activating group) is 1. The predicted molar refractivity (Wildman–Crippen MR) is 52.9 cm³/mol. The normalized spacial score (nSPS) is 10.4. The minimum atomic E-state index is -0.695. The Morgan fingerprint density at radius 1 is 1.47 bits per heavy atom. The Labute approximate surface area is 87.3 Å². The summed E-state index contributed by atoms with van der Waals surface area (Å²) in [6.45, 7) is 1.26. The molecule has 0 aliphatic heterocycles. The molecule has 0 bridgehead atoms.